The van der Waals surface area contributed by atoms with Crippen molar-refractivity contribution in [2.75, 3.05) is 0 Å². The zero-order valence-electron chi connectivity index (χ0n) is 7.35. The third-order valence-electron chi connectivity index (χ3n) is 1.96. The van der Waals surface area contributed by atoms with E-state index in [0.29, 0.717) is 5.57 Å². The largest absolute Gasteiger partial charge is 0.366 e. The van der Waals surface area contributed by atoms with Gasteiger partial charge in [0.25, 0.3) is 0 Å². The third kappa shape index (κ3) is 2.72. The molecule has 0 saturated heterocycles. The molecule has 11 heavy (non-hydrogen) atoms. The first-order valence-corrected chi connectivity index (χ1v) is 3.73. The van der Waals surface area contributed by atoms with Crippen LogP contribution in [0, 0.1) is 0 Å². The van der Waals surface area contributed by atoms with Crippen LogP contribution >= 0.6 is 0 Å². The van der Waals surface area contributed by atoms with Crippen LogP contribution in [-0.4, -0.2) is 11.9 Å². The summed E-state index contributed by atoms with van der Waals surface area (Å²) in [6.07, 6.45) is 0.830. The molecule has 3 nitrogen and oxygen atoms in total. The number of nitrogens with two attached hydrogens (primary N) is 2. The SMILES string of the molecule is CCC(N)/C(C)=C(/C)C(N)=O. The van der Waals surface area contributed by atoms with E-state index < -0.39 is 0 Å². The van der Waals surface area contributed by atoms with Gasteiger partial charge in [0, 0.05) is 11.6 Å². The van der Waals surface area contributed by atoms with Crippen LogP contribution in [-0.2, 0) is 4.79 Å². The molecule has 0 aliphatic heterocycles. The molecule has 4 N–H and O–H groups in total. The molecule has 3 heteroatoms. The molecule has 0 aliphatic rings. The summed E-state index contributed by atoms with van der Waals surface area (Å²) >= 11 is 0. The maximum absolute atomic E-state index is 10.7. The number of hydrogen-bond acceptors (Lipinski definition) is 2. The maximum Gasteiger partial charge on any atom is 0.244 e. The van der Waals surface area contributed by atoms with Gasteiger partial charge < -0.3 is 11.5 Å². The van der Waals surface area contributed by atoms with Gasteiger partial charge in [0.15, 0.2) is 0 Å². The van der Waals surface area contributed by atoms with Gasteiger partial charge in [0.2, 0.25) is 5.91 Å². The van der Waals surface area contributed by atoms with Crippen molar-refractivity contribution in [3.63, 3.8) is 0 Å². The average molecular weight is 156 g/mol. The van der Waals surface area contributed by atoms with E-state index in [9.17, 15) is 4.79 Å². The van der Waals surface area contributed by atoms with E-state index in [0.717, 1.165) is 12.0 Å². The lowest BCUT2D eigenvalue weighted by Crippen LogP contribution is -2.24. The van der Waals surface area contributed by atoms with Crippen molar-refractivity contribution in [1.82, 2.24) is 0 Å². The van der Waals surface area contributed by atoms with Crippen molar-refractivity contribution in [1.29, 1.82) is 0 Å². The van der Waals surface area contributed by atoms with Gasteiger partial charge in [-0.2, -0.15) is 0 Å². The molecular formula is C8H16N2O. The molecule has 1 unspecified atom stereocenters. The van der Waals surface area contributed by atoms with Gasteiger partial charge in [-0.3, -0.25) is 4.79 Å². The quantitative estimate of drug-likeness (QED) is 0.586. The molecule has 0 bridgehead atoms. The lowest BCUT2D eigenvalue weighted by molar-refractivity contribution is -0.114. The monoisotopic (exact) mass is 156 g/mol. The van der Waals surface area contributed by atoms with E-state index in [-0.39, 0.29) is 11.9 Å². The minimum Gasteiger partial charge on any atom is -0.366 e. The molecule has 0 spiro atoms. The fraction of sp³-hybridized carbons (Fsp3) is 0.625. The lowest BCUT2D eigenvalue weighted by Gasteiger charge is -2.11. The predicted octanol–water partition coefficient (Wildman–Crippen LogP) is 0.545. The molecule has 1 amide bonds. The highest BCUT2D eigenvalue weighted by Gasteiger charge is 2.08. The second kappa shape index (κ2) is 4.13. The molecule has 0 fully saturated rings. The number of hydrogen-bond donors (Lipinski definition) is 2. The molecule has 0 aliphatic carbocycles. The Morgan fingerprint density at radius 3 is 2.18 bits per heavy atom. The van der Waals surface area contributed by atoms with Gasteiger partial charge in [-0.15, -0.1) is 0 Å². The fourth-order valence-electron chi connectivity index (χ4n) is 0.779. The van der Waals surface area contributed by atoms with Crippen molar-refractivity contribution >= 4 is 5.91 Å². The van der Waals surface area contributed by atoms with Gasteiger partial charge in [-0.25, -0.2) is 0 Å². The van der Waals surface area contributed by atoms with Gasteiger partial charge in [-0.05, 0) is 25.8 Å². The Morgan fingerprint density at radius 1 is 1.45 bits per heavy atom. The molecule has 0 heterocycles. The van der Waals surface area contributed by atoms with Crippen LogP contribution in [0.2, 0.25) is 0 Å². The molecule has 1 atom stereocenters. The molecule has 0 aromatic carbocycles. The molecule has 0 aromatic heterocycles. The van der Waals surface area contributed by atoms with Crippen LogP contribution in [0.5, 0.6) is 0 Å². The average Bonchev–Trinajstić information content (AvgIpc) is 2.00. The van der Waals surface area contributed by atoms with E-state index >= 15 is 0 Å². The summed E-state index contributed by atoms with van der Waals surface area (Å²) in [7, 11) is 0. The molecule has 0 radical (unpaired) electrons. The van der Waals surface area contributed by atoms with Crippen molar-refractivity contribution in [2.45, 2.75) is 33.2 Å². The summed E-state index contributed by atoms with van der Waals surface area (Å²) in [6.45, 7) is 5.52. The van der Waals surface area contributed by atoms with Crippen LogP contribution in [0.4, 0.5) is 0 Å². The summed E-state index contributed by atoms with van der Waals surface area (Å²) in [5.41, 5.74) is 12.2. The Labute approximate surface area is 67.4 Å². The Hall–Kier alpha value is -0.830. The molecule has 64 valence electrons. The first-order chi connectivity index (χ1) is 5.00. The minimum atomic E-state index is -0.383. The predicted molar refractivity (Wildman–Crippen MR) is 45.8 cm³/mol. The Kier molecular flexibility index (Phi) is 3.82. The van der Waals surface area contributed by atoms with E-state index in [1.807, 2.05) is 13.8 Å². The van der Waals surface area contributed by atoms with Gasteiger partial charge in [0.05, 0.1) is 0 Å². The van der Waals surface area contributed by atoms with Crippen molar-refractivity contribution in [2.24, 2.45) is 11.5 Å². The van der Waals surface area contributed by atoms with E-state index in [2.05, 4.69) is 0 Å². The first-order valence-electron chi connectivity index (χ1n) is 3.73. The first kappa shape index (κ1) is 10.2. The van der Waals surface area contributed by atoms with E-state index in [1.54, 1.807) is 6.92 Å². The molecule has 0 saturated carbocycles. The zero-order chi connectivity index (χ0) is 9.02. The van der Waals surface area contributed by atoms with Crippen molar-refractivity contribution in [3.8, 4) is 0 Å². The number of carbonyl (C=O) groups excluding carboxylic acids is 1. The van der Waals surface area contributed by atoms with E-state index in [4.69, 9.17) is 11.5 Å². The summed E-state index contributed by atoms with van der Waals surface area (Å²) in [5, 5.41) is 0. The summed E-state index contributed by atoms with van der Waals surface area (Å²) in [5.74, 6) is -0.383. The van der Waals surface area contributed by atoms with Crippen LogP contribution in [0.3, 0.4) is 0 Å². The number of carbonyl (C=O) groups is 1. The maximum atomic E-state index is 10.7. The number of primary amides is 1. The topological polar surface area (TPSA) is 69.1 Å². The number of rotatable bonds is 3. The normalized spacial score (nSPS) is 15.6. The van der Waals surface area contributed by atoms with Crippen LogP contribution < -0.4 is 11.5 Å². The number of amides is 1. The summed E-state index contributed by atoms with van der Waals surface area (Å²) in [6, 6.07) is -0.0394. The van der Waals surface area contributed by atoms with Gasteiger partial charge in [-0.1, -0.05) is 6.92 Å². The second-order valence-corrected chi connectivity index (χ2v) is 2.69. The molecule has 0 rings (SSSR count). The fourth-order valence-corrected chi connectivity index (χ4v) is 0.779. The lowest BCUT2D eigenvalue weighted by atomic mass is 10.0. The summed E-state index contributed by atoms with van der Waals surface area (Å²) < 4.78 is 0. The highest BCUT2D eigenvalue weighted by Crippen LogP contribution is 2.08. The summed E-state index contributed by atoms with van der Waals surface area (Å²) in [4.78, 5) is 10.7. The standard InChI is InChI=1S/C8H16N2O/c1-4-7(9)5(2)6(3)8(10)11/h7H,4,9H2,1-3H3,(H2,10,11)/b6-5-. The highest BCUT2D eigenvalue weighted by atomic mass is 16.1. The van der Waals surface area contributed by atoms with Crippen LogP contribution in [0.15, 0.2) is 11.1 Å². The smallest absolute Gasteiger partial charge is 0.244 e. The Bertz CT molecular complexity index is 185. The highest BCUT2D eigenvalue weighted by molar-refractivity contribution is 5.92. The van der Waals surface area contributed by atoms with Crippen molar-refractivity contribution < 1.29 is 4.79 Å². The van der Waals surface area contributed by atoms with Gasteiger partial charge in [0.1, 0.15) is 0 Å². The van der Waals surface area contributed by atoms with E-state index in [1.165, 1.54) is 0 Å². The molecule has 0 aromatic rings. The zero-order valence-corrected chi connectivity index (χ0v) is 7.35. The second-order valence-electron chi connectivity index (χ2n) is 2.69. The van der Waals surface area contributed by atoms with Crippen molar-refractivity contribution in [3.05, 3.63) is 11.1 Å². The third-order valence-corrected chi connectivity index (χ3v) is 1.96. The molecular weight excluding hydrogens is 140 g/mol. The minimum absolute atomic E-state index is 0.0394. The Morgan fingerprint density at radius 2 is 1.91 bits per heavy atom. The Balaban J connectivity index is 4.51. The van der Waals surface area contributed by atoms with Gasteiger partial charge >= 0.3 is 0 Å². The van der Waals surface area contributed by atoms with Crippen LogP contribution in [0.1, 0.15) is 27.2 Å². The van der Waals surface area contributed by atoms with Crippen LogP contribution in [0.25, 0.3) is 0 Å².